The van der Waals surface area contributed by atoms with E-state index in [4.69, 9.17) is 4.42 Å². The first-order valence-corrected chi connectivity index (χ1v) is 8.82. The Kier molecular flexibility index (Phi) is 5.19. The number of rotatable bonds is 5. The summed E-state index contributed by atoms with van der Waals surface area (Å²) in [7, 11) is 1.76. The molecule has 128 valence electrons. The summed E-state index contributed by atoms with van der Waals surface area (Å²) in [5.41, 5.74) is 2.89. The molecule has 5 nitrogen and oxygen atoms in total. The van der Waals surface area contributed by atoms with Gasteiger partial charge < -0.3 is 9.32 Å². The molecule has 0 N–H and O–H groups in total. The third kappa shape index (κ3) is 4.09. The molecule has 2 aromatic carbocycles. The van der Waals surface area contributed by atoms with Gasteiger partial charge in [0.2, 0.25) is 11.8 Å². The third-order valence-electron chi connectivity index (χ3n) is 3.80. The molecule has 0 saturated heterocycles. The van der Waals surface area contributed by atoms with Gasteiger partial charge in [-0.1, -0.05) is 47.7 Å². The zero-order valence-electron chi connectivity index (χ0n) is 14.3. The number of carbonyl (C=O) groups is 1. The largest absolute Gasteiger partial charge is 0.411 e. The molecule has 0 saturated carbocycles. The summed E-state index contributed by atoms with van der Waals surface area (Å²) in [6, 6.07) is 17.4. The lowest BCUT2D eigenvalue weighted by atomic mass is 10.1. The van der Waals surface area contributed by atoms with E-state index in [1.54, 1.807) is 11.9 Å². The van der Waals surface area contributed by atoms with Crippen molar-refractivity contribution in [1.82, 2.24) is 10.2 Å². The Labute approximate surface area is 151 Å². The molecule has 0 spiro atoms. The molecule has 1 heterocycles. The summed E-state index contributed by atoms with van der Waals surface area (Å²) in [4.78, 5) is 14.2. The Morgan fingerprint density at radius 3 is 2.44 bits per heavy atom. The maximum Gasteiger partial charge on any atom is 0.277 e. The van der Waals surface area contributed by atoms with Crippen LogP contribution in [0.3, 0.4) is 0 Å². The summed E-state index contributed by atoms with van der Waals surface area (Å²) in [6.07, 6.45) is 0. The van der Waals surface area contributed by atoms with Gasteiger partial charge in [0.15, 0.2) is 0 Å². The fraction of sp³-hybridized carbons (Fsp3) is 0.211. The lowest BCUT2D eigenvalue weighted by Gasteiger charge is -2.20. The maximum absolute atomic E-state index is 12.6. The van der Waals surface area contributed by atoms with Crippen molar-refractivity contribution in [3.63, 3.8) is 0 Å². The second kappa shape index (κ2) is 7.53. The van der Waals surface area contributed by atoms with E-state index in [0.29, 0.717) is 11.1 Å². The molecular formula is C19H19N3O2S. The number of hydrogen-bond donors (Lipinski definition) is 0. The number of carbonyl (C=O) groups excluding carboxylic acids is 1. The zero-order chi connectivity index (χ0) is 17.8. The average Bonchev–Trinajstić information content (AvgIpc) is 3.10. The van der Waals surface area contributed by atoms with Crippen LogP contribution in [0.2, 0.25) is 0 Å². The first kappa shape index (κ1) is 17.2. The fourth-order valence-corrected chi connectivity index (χ4v) is 3.10. The Bertz CT molecular complexity index is 847. The number of amides is 1. The molecule has 0 aliphatic carbocycles. The molecule has 25 heavy (non-hydrogen) atoms. The van der Waals surface area contributed by atoms with Crippen molar-refractivity contribution in [2.75, 3.05) is 11.9 Å². The van der Waals surface area contributed by atoms with Crippen molar-refractivity contribution in [3.8, 4) is 11.5 Å². The number of aromatic nitrogens is 2. The van der Waals surface area contributed by atoms with Crippen molar-refractivity contribution >= 4 is 23.4 Å². The Morgan fingerprint density at radius 2 is 1.76 bits per heavy atom. The summed E-state index contributed by atoms with van der Waals surface area (Å²) >= 11 is 1.26. The lowest BCUT2D eigenvalue weighted by molar-refractivity contribution is -0.117. The molecule has 6 heteroatoms. The summed E-state index contributed by atoms with van der Waals surface area (Å²) in [6.45, 7) is 3.86. The highest BCUT2D eigenvalue weighted by Gasteiger charge is 2.22. The molecule has 0 unspecified atom stereocenters. The number of thioether (sulfide) groups is 1. The van der Waals surface area contributed by atoms with Crippen molar-refractivity contribution < 1.29 is 9.21 Å². The van der Waals surface area contributed by atoms with E-state index in [2.05, 4.69) is 10.2 Å². The zero-order valence-corrected chi connectivity index (χ0v) is 15.2. The van der Waals surface area contributed by atoms with Gasteiger partial charge in [-0.05, 0) is 38.1 Å². The van der Waals surface area contributed by atoms with Gasteiger partial charge in [-0.25, -0.2) is 0 Å². The fourth-order valence-electron chi connectivity index (χ4n) is 2.32. The molecule has 3 aromatic rings. The molecule has 3 rings (SSSR count). The number of hydrogen-bond acceptors (Lipinski definition) is 5. The highest BCUT2D eigenvalue weighted by atomic mass is 32.2. The first-order chi connectivity index (χ1) is 12.0. The highest BCUT2D eigenvalue weighted by Crippen LogP contribution is 2.27. The van der Waals surface area contributed by atoms with E-state index >= 15 is 0 Å². The molecule has 1 aromatic heterocycles. The predicted octanol–water partition coefficient (Wildman–Crippen LogP) is 4.19. The molecule has 1 amide bonds. The van der Waals surface area contributed by atoms with Crippen LogP contribution < -0.4 is 4.90 Å². The van der Waals surface area contributed by atoms with Gasteiger partial charge in [-0.3, -0.25) is 4.79 Å². The minimum Gasteiger partial charge on any atom is -0.411 e. The minimum atomic E-state index is -0.337. The number of aryl methyl sites for hydroxylation is 1. The third-order valence-corrected chi connectivity index (χ3v) is 4.73. The van der Waals surface area contributed by atoms with Gasteiger partial charge in [0.05, 0.1) is 5.25 Å². The van der Waals surface area contributed by atoms with Crippen LogP contribution in [-0.4, -0.2) is 28.4 Å². The molecule has 1 atom stereocenters. The average molecular weight is 353 g/mol. The maximum atomic E-state index is 12.6. The number of benzene rings is 2. The SMILES string of the molecule is Cc1ccc(-c2nnc(S[C@@H](C)C(=O)N(C)c3ccccc3)o2)cc1. The topological polar surface area (TPSA) is 59.2 Å². The van der Waals surface area contributed by atoms with Crippen LogP contribution in [0.5, 0.6) is 0 Å². The summed E-state index contributed by atoms with van der Waals surface area (Å²) in [5, 5.41) is 8.16. The summed E-state index contributed by atoms with van der Waals surface area (Å²) < 4.78 is 5.69. The van der Waals surface area contributed by atoms with E-state index in [9.17, 15) is 4.79 Å². The van der Waals surface area contributed by atoms with Crippen molar-refractivity contribution in [1.29, 1.82) is 0 Å². The molecule has 0 aliphatic rings. The van der Waals surface area contributed by atoms with Crippen LogP contribution in [0, 0.1) is 6.92 Å². The Hall–Kier alpha value is -2.60. The van der Waals surface area contributed by atoms with E-state index in [-0.39, 0.29) is 11.2 Å². The summed E-state index contributed by atoms with van der Waals surface area (Å²) in [5.74, 6) is 0.435. The second-order valence-electron chi connectivity index (χ2n) is 5.73. The van der Waals surface area contributed by atoms with Crippen LogP contribution in [0.4, 0.5) is 5.69 Å². The first-order valence-electron chi connectivity index (χ1n) is 7.94. The molecule has 0 bridgehead atoms. The predicted molar refractivity (Wildman–Crippen MR) is 99.6 cm³/mol. The van der Waals surface area contributed by atoms with Crippen molar-refractivity contribution in [3.05, 3.63) is 60.2 Å². The van der Waals surface area contributed by atoms with Crippen LogP contribution in [0.1, 0.15) is 12.5 Å². The molecule has 0 aliphatic heterocycles. The Morgan fingerprint density at radius 1 is 1.08 bits per heavy atom. The minimum absolute atomic E-state index is 0.0220. The smallest absolute Gasteiger partial charge is 0.277 e. The lowest BCUT2D eigenvalue weighted by Crippen LogP contribution is -2.33. The number of nitrogens with zero attached hydrogens (tertiary/aromatic N) is 3. The Balaban J connectivity index is 1.68. The highest BCUT2D eigenvalue weighted by molar-refractivity contribution is 8.00. The van der Waals surface area contributed by atoms with Gasteiger partial charge in [0.25, 0.3) is 5.22 Å². The second-order valence-corrected chi connectivity index (χ2v) is 7.02. The van der Waals surface area contributed by atoms with Crippen molar-refractivity contribution in [2.45, 2.75) is 24.3 Å². The van der Waals surface area contributed by atoms with Crippen LogP contribution >= 0.6 is 11.8 Å². The van der Waals surface area contributed by atoms with Gasteiger partial charge in [-0.2, -0.15) is 0 Å². The van der Waals surface area contributed by atoms with E-state index in [1.165, 1.54) is 17.3 Å². The molecular weight excluding hydrogens is 334 g/mol. The normalized spacial score (nSPS) is 12.0. The van der Waals surface area contributed by atoms with E-state index in [0.717, 1.165) is 11.3 Å². The van der Waals surface area contributed by atoms with E-state index in [1.807, 2.05) is 68.4 Å². The van der Waals surface area contributed by atoms with Crippen LogP contribution in [0.25, 0.3) is 11.5 Å². The standard InChI is InChI=1S/C19H19N3O2S/c1-13-9-11-15(12-10-13)17-20-21-19(24-17)25-14(2)18(23)22(3)16-7-5-4-6-8-16/h4-12,14H,1-3H3/t14-/m0/s1. The van der Waals surface area contributed by atoms with Crippen LogP contribution in [0.15, 0.2) is 64.2 Å². The quantitative estimate of drug-likeness (QED) is 0.644. The number of anilines is 1. The van der Waals surface area contributed by atoms with Gasteiger partial charge in [-0.15, -0.1) is 10.2 Å². The molecule has 0 fully saturated rings. The molecule has 0 radical (unpaired) electrons. The van der Waals surface area contributed by atoms with Crippen LogP contribution in [-0.2, 0) is 4.79 Å². The van der Waals surface area contributed by atoms with Crippen molar-refractivity contribution in [2.24, 2.45) is 0 Å². The monoisotopic (exact) mass is 353 g/mol. The van der Waals surface area contributed by atoms with Gasteiger partial charge in [0.1, 0.15) is 0 Å². The van der Waals surface area contributed by atoms with Gasteiger partial charge >= 0.3 is 0 Å². The number of para-hydroxylation sites is 1. The van der Waals surface area contributed by atoms with Gasteiger partial charge in [0, 0.05) is 18.3 Å². The van der Waals surface area contributed by atoms with E-state index < -0.39 is 0 Å².